The predicted octanol–water partition coefficient (Wildman–Crippen LogP) is 14.4. The molecule has 0 aliphatic heterocycles. The van der Waals surface area contributed by atoms with Gasteiger partial charge < -0.3 is 0 Å². The molecule has 0 atom stereocenters. The number of hydrogen-bond donors (Lipinski definition) is 0. The van der Waals surface area contributed by atoms with Crippen molar-refractivity contribution in [1.82, 2.24) is 15.0 Å². The van der Waals surface area contributed by atoms with Crippen molar-refractivity contribution in [2.75, 3.05) is 0 Å². The molecule has 0 fully saturated rings. The molecule has 0 aliphatic carbocycles. The molecule has 60 heavy (non-hydrogen) atoms. The van der Waals surface area contributed by atoms with Gasteiger partial charge in [-0.15, -0.1) is 0 Å². The molecule has 286 valence electrons. The normalized spacial score (nSPS) is 11.6. The van der Waals surface area contributed by atoms with Crippen LogP contribution in [-0.4, -0.2) is 23.0 Å². The van der Waals surface area contributed by atoms with Crippen LogP contribution >= 0.6 is 0 Å². The molecule has 0 amide bonds. The summed E-state index contributed by atoms with van der Waals surface area (Å²) in [6, 6.07) is 73.6. The van der Waals surface area contributed by atoms with Crippen LogP contribution in [0.4, 0.5) is 0 Å². The smallest absolute Gasteiger partial charge is 0.164 e. The Labute approximate surface area is 352 Å². The van der Waals surface area contributed by atoms with Gasteiger partial charge in [-0.3, -0.25) is 0 Å². The van der Waals surface area contributed by atoms with Crippen LogP contribution in [0.1, 0.15) is 0 Å². The Kier molecular flexibility index (Phi) is 9.55. The third-order valence-electron chi connectivity index (χ3n) is 11.5. The van der Waals surface area contributed by atoms with Gasteiger partial charge in [-0.2, -0.15) is 0 Å². The Bertz CT molecular complexity index is 3150. The first-order chi connectivity index (χ1) is 29.3. The Hall–Kier alpha value is -7.27. The minimum absolute atomic E-state index is 0.631. The van der Waals surface area contributed by atoms with Crippen molar-refractivity contribution in [2.45, 2.75) is 19.6 Å². The van der Waals surface area contributed by atoms with Gasteiger partial charge in [0.05, 0.1) is 8.07 Å². The number of rotatable bonds is 8. The van der Waals surface area contributed by atoms with Gasteiger partial charge in [-0.25, -0.2) is 15.0 Å². The van der Waals surface area contributed by atoms with Crippen LogP contribution in [0.3, 0.4) is 0 Å². The molecule has 10 rings (SSSR count). The zero-order valence-corrected chi connectivity index (χ0v) is 35.0. The Morgan fingerprint density at radius 1 is 0.283 bits per heavy atom. The Morgan fingerprint density at radius 3 is 1.28 bits per heavy atom. The highest BCUT2D eigenvalue weighted by Gasteiger charge is 2.18. The van der Waals surface area contributed by atoms with Crippen molar-refractivity contribution in [2.24, 2.45) is 0 Å². The Balaban J connectivity index is 1.05. The molecule has 0 saturated carbocycles. The summed E-state index contributed by atoms with van der Waals surface area (Å²) in [5, 5.41) is 6.11. The van der Waals surface area contributed by atoms with Gasteiger partial charge in [-0.1, -0.05) is 213 Å². The fraction of sp³-hybridized carbons (Fsp3) is 0.0536. The lowest BCUT2D eigenvalue weighted by Gasteiger charge is -2.17. The topological polar surface area (TPSA) is 38.7 Å². The first kappa shape index (κ1) is 37.0. The molecule has 9 aromatic carbocycles. The van der Waals surface area contributed by atoms with Crippen LogP contribution in [0.15, 0.2) is 206 Å². The average molecular weight is 786 g/mol. The summed E-state index contributed by atoms with van der Waals surface area (Å²) in [5.41, 5.74) is 12.2. The summed E-state index contributed by atoms with van der Waals surface area (Å²) in [7, 11) is -1.37. The monoisotopic (exact) mass is 785 g/mol. The molecule has 0 bridgehead atoms. The first-order valence-electron chi connectivity index (χ1n) is 20.6. The quantitative estimate of drug-likeness (QED) is 0.114. The molecule has 0 unspecified atom stereocenters. The second kappa shape index (κ2) is 15.5. The molecule has 1 heterocycles. The number of fused-ring (bicyclic) bond motifs is 3. The highest BCUT2D eigenvalue weighted by atomic mass is 28.3. The van der Waals surface area contributed by atoms with Crippen molar-refractivity contribution in [3.05, 3.63) is 206 Å². The lowest BCUT2D eigenvalue weighted by molar-refractivity contribution is 1.08. The predicted molar refractivity (Wildman–Crippen MR) is 256 cm³/mol. The lowest BCUT2D eigenvalue weighted by Crippen LogP contribution is -2.37. The van der Waals surface area contributed by atoms with Crippen LogP contribution in [0.5, 0.6) is 0 Å². The van der Waals surface area contributed by atoms with E-state index in [1.807, 2.05) is 6.07 Å². The van der Waals surface area contributed by atoms with E-state index in [1.165, 1.54) is 43.8 Å². The number of hydrogen-bond acceptors (Lipinski definition) is 3. The van der Waals surface area contributed by atoms with Crippen molar-refractivity contribution >= 4 is 34.8 Å². The molecule has 0 spiro atoms. The van der Waals surface area contributed by atoms with E-state index in [4.69, 9.17) is 15.0 Å². The second-order valence-corrected chi connectivity index (χ2v) is 21.6. The second-order valence-electron chi connectivity index (χ2n) is 16.5. The van der Waals surface area contributed by atoms with Crippen LogP contribution in [-0.2, 0) is 0 Å². The molecule has 1 aromatic heterocycles. The summed E-state index contributed by atoms with van der Waals surface area (Å²) in [5.74, 6) is 1.91. The highest BCUT2D eigenvalue weighted by molar-refractivity contribution is 6.88. The first-order valence-corrected chi connectivity index (χ1v) is 24.1. The molecule has 0 radical (unpaired) electrons. The van der Waals surface area contributed by atoms with Crippen molar-refractivity contribution in [1.29, 1.82) is 0 Å². The zero-order chi connectivity index (χ0) is 40.6. The average Bonchev–Trinajstić information content (AvgIpc) is 3.31. The van der Waals surface area contributed by atoms with Gasteiger partial charge in [0.2, 0.25) is 0 Å². The number of aromatic nitrogens is 3. The maximum absolute atomic E-state index is 5.25. The Morgan fingerprint density at radius 2 is 0.683 bits per heavy atom. The van der Waals surface area contributed by atoms with E-state index in [0.717, 1.165) is 44.2 Å². The van der Waals surface area contributed by atoms with Crippen molar-refractivity contribution < 1.29 is 0 Å². The van der Waals surface area contributed by atoms with E-state index in [2.05, 4.69) is 220 Å². The van der Waals surface area contributed by atoms with Gasteiger partial charge in [0.15, 0.2) is 17.5 Å². The SMILES string of the molecule is C[Si](C)(C)c1ccc(-c2cccc(-c3ccc(-c4nc(-c5cccc(-c6ccc(-c7ccccc7)cc6)c5)nc(-c5cc6ccccc6c6ccccc56)n4)cc3)c2)cc1. The largest absolute Gasteiger partial charge is 0.208 e. The molecule has 4 heteroatoms. The van der Waals surface area contributed by atoms with Gasteiger partial charge in [0.25, 0.3) is 0 Å². The zero-order valence-electron chi connectivity index (χ0n) is 34.0. The maximum Gasteiger partial charge on any atom is 0.164 e. The third kappa shape index (κ3) is 7.34. The molecule has 3 nitrogen and oxygen atoms in total. The van der Waals surface area contributed by atoms with E-state index < -0.39 is 8.07 Å². The minimum atomic E-state index is -1.37. The van der Waals surface area contributed by atoms with Crippen molar-refractivity contribution in [3.63, 3.8) is 0 Å². The molecule has 10 aromatic rings. The van der Waals surface area contributed by atoms with Gasteiger partial charge >= 0.3 is 0 Å². The fourth-order valence-corrected chi connectivity index (χ4v) is 9.34. The molecule has 0 N–H and O–H groups in total. The molecular weight excluding hydrogens is 743 g/mol. The number of benzene rings is 9. The minimum Gasteiger partial charge on any atom is -0.208 e. The fourth-order valence-electron chi connectivity index (χ4n) is 8.17. The van der Waals surface area contributed by atoms with Crippen LogP contribution < -0.4 is 5.19 Å². The van der Waals surface area contributed by atoms with E-state index in [-0.39, 0.29) is 0 Å². The summed E-state index contributed by atoms with van der Waals surface area (Å²) in [4.78, 5) is 15.7. The molecular formula is C56H43N3Si. The van der Waals surface area contributed by atoms with Crippen LogP contribution in [0.25, 0.3) is 100 Å². The van der Waals surface area contributed by atoms with E-state index >= 15 is 0 Å². The molecule has 0 aliphatic rings. The van der Waals surface area contributed by atoms with E-state index in [9.17, 15) is 0 Å². The van der Waals surface area contributed by atoms with Gasteiger partial charge in [0, 0.05) is 16.7 Å². The lowest BCUT2D eigenvalue weighted by atomic mass is 9.96. The van der Waals surface area contributed by atoms with Gasteiger partial charge in [0.1, 0.15) is 0 Å². The third-order valence-corrected chi connectivity index (χ3v) is 13.6. The number of nitrogens with zero attached hydrogens (tertiary/aromatic N) is 3. The summed E-state index contributed by atoms with van der Waals surface area (Å²) < 4.78 is 0. The highest BCUT2D eigenvalue weighted by Crippen LogP contribution is 2.36. The standard InChI is InChI=1S/C56H43N3Si/c1-60(2,3)49-33-31-42(32-34-49)45-17-11-16-44(35-45)41-27-29-43(30-28-41)54-57-55(48-19-12-18-46(36-48)40-25-23-39(24-26-40)38-13-5-4-6-14-38)59-56(58-54)53-37-47-15-7-8-20-50(47)51-21-9-10-22-52(51)53/h4-37H,1-3H3. The van der Waals surface area contributed by atoms with Crippen molar-refractivity contribution in [3.8, 4) is 78.7 Å². The molecule has 0 saturated heterocycles. The van der Waals surface area contributed by atoms with Gasteiger partial charge in [-0.05, 0) is 84.3 Å². The summed E-state index contributed by atoms with van der Waals surface area (Å²) >= 11 is 0. The summed E-state index contributed by atoms with van der Waals surface area (Å²) in [6.45, 7) is 7.17. The van der Waals surface area contributed by atoms with E-state index in [0.29, 0.717) is 17.5 Å². The van der Waals surface area contributed by atoms with Crippen LogP contribution in [0, 0.1) is 0 Å². The summed E-state index contributed by atoms with van der Waals surface area (Å²) in [6.07, 6.45) is 0. The van der Waals surface area contributed by atoms with Crippen LogP contribution in [0.2, 0.25) is 19.6 Å². The van der Waals surface area contributed by atoms with E-state index in [1.54, 1.807) is 0 Å². The maximum atomic E-state index is 5.25.